The van der Waals surface area contributed by atoms with Gasteiger partial charge in [-0.1, -0.05) is 13.8 Å². The number of piperazine rings is 1. The molecule has 0 radical (unpaired) electrons. The lowest BCUT2D eigenvalue weighted by Gasteiger charge is -2.36. The first kappa shape index (κ1) is 12.2. The summed E-state index contributed by atoms with van der Waals surface area (Å²) >= 11 is 0. The predicted molar refractivity (Wildman–Crippen MR) is 72.1 cm³/mol. The highest BCUT2D eigenvalue weighted by molar-refractivity contribution is 5.48. The third kappa shape index (κ3) is 3.33. The average molecular weight is 234 g/mol. The Balaban J connectivity index is 1.88. The third-order valence-electron chi connectivity index (χ3n) is 3.13. The van der Waals surface area contributed by atoms with Gasteiger partial charge in [0.1, 0.15) is 5.82 Å². The lowest BCUT2D eigenvalue weighted by atomic mass is 10.2. The van der Waals surface area contributed by atoms with E-state index in [-0.39, 0.29) is 0 Å². The Bertz CT molecular complexity index is 339. The summed E-state index contributed by atoms with van der Waals surface area (Å²) in [5.74, 6) is 1.34. The zero-order chi connectivity index (χ0) is 12.3. The van der Waals surface area contributed by atoms with E-state index < -0.39 is 0 Å². The van der Waals surface area contributed by atoms with Gasteiger partial charge in [0.15, 0.2) is 0 Å². The summed E-state index contributed by atoms with van der Waals surface area (Å²) < 4.78 is 0. The molecule has 0 saturated carbocycles. The number of nitrogens with two attached hydrogens (primary N) is 1. The lowest BCUT2D eigenvalue weighted by molar-refractivity contribution is 0.231. The number of nitrogens with zero attached hydrogens (tertiary/aromatic N) is 3. The van der Waals surface area contributed by atoms with E-state index in [0.717, 1.165) is 32.1 Å². The monoisotopic (exact) mass is 234 g/mol. The number of pyridine rings is 1. The van der Waals surface area contributed by atoms with Crippen LogP contribution in [0.4, 0.5) is 11.5 Å². The van der Waals surface area contributed by atoms with Crippen molar-refractivity contribution in [2.45, 2.75) is 13.8 Å². The van der Waals surface area contributed by atoms with Crippen LogP contribution >= 0.6 is 0 Å². The van der Waals surface area contributed by atoms with Crippen molar-refractivity contribution in [3.8, 4) is 0 Å². The summed E-state index contributed by atoms with van der Waals surface area (Å²) in [5, 5.41) is 0. The van der Waals surface area contributed by atoms with Crippen LogP contribution in [-0.4, -0.2) is 42.6 Å². The summed E-state index contributed by atoms with van der Waals surface area (Å²) in [4.78, 5) is 9.06. The number of nitrogen functional groups attached to an aromatic ring is 1. The molecule has 1 saturated heterocycles. The van der Waals surface area contributed by atoms with Crippen molar-refractivity contribution >= 4 is 11.5 Å². The normalized spacial score (nSPS) is 17.7. The van der Waals surface area contributed by atoms with Crippen LogP contribution in [0.3, 0.4) is 0 Å². The van der Waals surface area contributed by atoms with Gasteiger partial charge in [0.25, 0.3) is 0 Å². The van der Waals surface area contributed by atoms with E-state index in [1.807, 2.05) is 12.3 Å². The van der Waals surface area contributed by atoms with Crippen LogP contribution in [0, 0.1) is 5.92 Å². The van der Waals surface area contributed by atoms with Crippen LogP contribution in [0.15, 0.2) is 18.3 Å². The Labute approximate surface area is 103 Å². The van der Waals surface area contributed by atoms with Gasteiger partial charge in [-0.2, -0.15) is 0 Å². The second-order valence-electron chi connectivity index (χ2n) is 5.12. The lowest BCUT2D eigenvalue weighted by Crippen LogP contribution is -2.47. The predicted octanol–water partition coefficient (Wildman–Crippen LogP) is 1.44. The van der Waals surface area contributed by atoms with Crippen molar-refractivity contribution in [1.29, 1.82) is 0 Å². The van der Waals surface area contributed by atoms with Gasteiger partial charge in [-0.25, -0.2) is 4.98 Å². The first-order valence-electron chi connectivity index (χ1n) is 6.34. The molecule has 2 heterocycles. The molecule has 0 aliphatic carbocycles. The zero-order valence-electron chi connectivity index (χ0n) is 10.8. The highest BCUT2D eigenvalue weighted by Crippen LogP contribution is 2.16. The van der Waals surface area contributed by atoms with Crippen LogP contribution < -0.4 is 10.6 Å². The molecule has 2 rings (SSSR count). The number of hydrogen-bond donors (Lipinski definition) is 1. The van der Waals surface area contributed by atoms with E-state index in [1.165, 1.54) is 12.2 Å². The van der Waals surface area contributed by atoms with Gasteiger partial charge < -0.3 is 10.6 Å². The fourth-order valence-electron chi connectivity index (χ4n) is 2.29. The maximum atomic E-state index is 5.60. The number of hydrogen-bond acceptors (Lipinski definition) is 4. The smallest absolute Gasteiger partial charge is 0.123 e. The first-order valence-corrected chi connectivity index (χ1v) is 6.34. The quantitative estimate of drug-likeness (QED) is 0.859. The van der Waals surface area contributed by atoms with Crippen LogP contribution in [0.2, 0.25) is 0 Å². The fraction of sp³-hybridized carbons (Fsp3) is 0.615. The van der Waals surface area contributed by atoms with Crippen LogP contribution in [0.25, 0.3) is 0 Å². The number of rotatable bonds is 3. The fourth-order valence-corrected chi connectivity index (χ4v) is 2.29. The van der Waals surface area contributed by atoms with Crippen LogP contribution in [0.5, 0.6) is 0 Å². The minimum Gasteiger partial charge on any atom is -0.384 e. The minimum absolute atomic E-state index is 0.590. The Morgan fingerprint density at radius 1 is 1.24 bits per heavy atom. The van der Waals surface area contributed by atoms with Crippen molar-refractivity contribution in [3.05, 3.63) is 18.3 Å². The Morgan fingerprint density at radius 2 is 1.94 bits per heavy atom. The molecule has 4 nitrogen and oxygen atoms in total. The Hall–Kier alpha value is -1.29. The zero-order valence-corrected chi connectivity index (χ0v) is 10.8. The van der Waals surface area contributed by atoms with E-state index in [0.29, 0.717) is 5.82 Å². The molecule has 0 spiro atoms. The molecule has 94 valence electrons. The molecule has 0 bridgehead atoms. The summed E-state index contributed by atoms with van der Waals surface area (Å²) in [6.07, 6.45) is 1.87. The highest BCUT2D eigenvalue weighted by Gasteiger charge is 2.17. The first-order chi connectivity index (χ1) is 8.15. The maximum Gasteiger partial charge on any atom is 0.123 e. The Morgan fingerprint density at radius 3 is 2.47 bits per heavy atom. The van der Waals surface area contributed by atoms with Gasteiger partial charge in [0, 0.05) is 32.7 Å². The van der Waals surface area contributed by atoms with E-state index in [1.54, 1.807) is 0 Å². The summed E-state index contributed by atoms with van der Waals surface area (Å²) in [6.45, 7) is 10.2. The van der Waals surface area contributed by atoms with Gasteiger partial charge >= 0.3 is 0 Å². The standard InChI is InChI=1S/C13H22N4/c1-11(2)10-16-5-7-17(8-6-16)12-3-4-13(14)15-9-12/h3-4,9,11H,5-8,10H2,1-2H3,(H2,14,15). The van der Waals surface area contributed by atoms with E-state index in [9.17, 15) is 0 Å². The van der Waals surface area contributed by atoms with E-state index in [4.69, 9.17) is 5.73 Å². The third-order valence-corrected chi connectivity index (χ3v) is 3.13. The Kier molecular flexibility index (Phi) is 3.84. The molecule has 1 aromatic rings. The molecule has 0 unspecified atom stereocenters. The molecule has 2 N–H and O–H groups in total. The van der Waals surface area contributed by atoms with Gasteiger partial charge in [-0.05, 0) is 18.1 Å². The van der Waals surface area contributed by atoms with E-state index in [2.05, 4.69) is 34.7 Å². The summed E-state index contributed by atoms with van der Waals surface area (Å²) in [5.41, 5.74) is 6.78. The highest BCUT2D eigenvalue weighted by atomic mass is 15.3. The average Bonchev–Trinajstić information content (AvgIpc) is 2.30. The van der Waals surface area contributed by atoms with E-state index >= 15 is 0 Å². The molecule has 0 amide bonds. The molecule has 0 aromatic carbocycles. The molecule has 1 fully saturated rings. The molecular formula is C13H22N4. The molecule has 4 heteroatoms. The number of aromatic nitrogens is 1. The van der Waals surface area contributed by atoms with Gasteiger partial charge in [-0.3, -0.25) is 4.90 Å². The molecule has 0 atom stereocenters. The van der Waals surface area contributed by atoms with Crippen LogP contribution in [0.1, 0.15) is 13.8 Å². The van der Waals surface area contributed by atoms with Crippen molar-refractivity contribution in [2.24, 2.45) is 5.92 Å². The largest absolute Gasteiger partial charge is 0.384 e. The van der Waals surface area contributed by atoms with Crippen molar-refractivity contribution < 1.29 is 0 Å². The van der Waals surface area contributed by atoms with Crippen molar-refractivity contribution in [2.75, 3.05) is 43.4 Å². The van der Waals surface area contributed by atoms with Gasteiger partial charge in [-0.15, -0.1) is 0 Å². The van der Waals surface area contributed by atoms with Crippen molar-refractivity contribution in [3.63, 3.8) is 0 Å². The SMILES string of the molecule is CC(C)CN1CCN(c2ccc(N)nc2)CC1. The minimum atomic E-state index is 0.590. The summed E-state index contributed by atoms with van der Waals surface area (Å²) in [6, 6.07) is 3.93. The topological polar surface area (TPSA) is 45.4 Å². The molecular weight excluding hydrogens is 212 g/mol. The van der Waals surface area contributed by atoms with Gasteiger partial charge in [0.05, 0.1) is 11.9 Å². The second-order valence-corrected chi connectivity index (χ2v) is 5.12. The summed E-state index contributed by atoms with van der Waals surface area (Å²) in [7, 11) is 0. The second kappa shape index (κ2) is 5.36. The van der Waals surface area contributed by atoms with Crippen molar-refractivity contribution in [1.82, 2.24) is 9.88 Å². The van der Waals surface area contributed by atoms with Crippen LogP contribution in [-0.2, 0) is 0 Å². The van der Waals surface area contributed by atoms with Gasteiger partial charge in [0.2, 0.25) is 0 Å². The maximum absolute atomic E-state index is 5.60. The number of anilines is 2. The molecule has 1 aliphatic rings. The molecule has 1 aliphatic heterocycles. The molecule has 17 heavy (non-hydrogen) atoms. The molecule has 1 aromatic heterocycles.